The van der Waals surface area contributed by atoms with Crippen molar-refractivity contribution in [2.45, 2.75) is 83.9 Å². The summed E-state index contributed by atoms with van der Waals surface area (Å²) in [6.07, 6.45) is 6.91. The number of nitrogens with zero attached hydrogens (tertiary/aromatic N) is 2. The number of hydrogen-bond acceptors (Lipinski definition) is 7. The van der Waals surface area contributed by atoms with Crippen LogP contribution in [0.25, 0.3) is 0 Å². The Morgan fingerprint density at radius 2 is 1.72 bits per heavy atom. The number of nitrogen functional groups attached to an aromatic ring is 1. The van der Waals surface area contributed by atoms with Gasteiger partial charge in [0.15, 0.2) is 5.69 Å². The first-order chi connectivity index (χ1) is 20.7. The maximum Gasteiger partial charge on any atom is 0.273 e. The summed E-state index contributed by atoms with van der Waals surface area (Å²) < 4.78 is 10.1. The van der Waals surface area contributed by atoms with Gasteiger partial charge in [-0.25, -0.2) is 0 Å². The number of anilines is 2. The Balaban J connectivity index is 1.54. The van der Waals surface area contributed by atoms with Gasteiger partial charge in [-0.2, -0.15) is 4.37 Å². The number of amides is 3. The molecule has 4 N–H and O–H groups in total. The molecule has 1 saturated heterocycles. The van der Waals surface area contributed by atoms with Crippen molar-refractivity contribution in [3.63, 3.8) is 0 Å². The average Bonchev–Trinajstić information content (AvgIpc) is 3.67. The molecule has 43 heavy (non-hydrogen) atoms. The third-order valence-corrected chi connectivity index (χ3v) is 9.20. The van der Waals surface area contributed by atoms with Crippen LogP contribution in [0, 0.1) is 20.8 Å². The van der Waals surface area contributed by atoms with Crippen LogP contribution in [-0.2, 0) is 9.53 Å². The Hall–Kier alpha value is -3.76. The molecule has 0 spiro atoms. The van der Waals surface area contributed by atoms with E-state index in [1.807, 2.05) is 63.2 Å². The van der Waals surface area contributed by atoms with Gasteiger partial charge in [-0.15, -0.1) is 0 Å². The Labute approximate surface area is 257 Å². The molecule has 2 heterocycles. The lowest BCUT2D eigenvalue weighted by Gasteiger charge is -2.33. The van der Waals surface area contributed by atoms with Crippen LogP contribution in [-0.4, -0.2) is 47.4 Å². The Morgan fingerprint density at radius 3 is 2.42 bits per heavy atom. The number of rotatable bonds is 9. The van der Waals surface area contributed by atoms with E-state index in [0.29, 0.717) is 24.4 Å². The Morgan fingerprint density at radius 1 is 1.00 bits per heavy atom. The molecule has 2 aliphatic rings. The summed E-state index contributed by atoms with van der Waals surface area (Å²) in [6, 6.07) is 12.5. The molecule has 0 unspecified atom stereocenters. The summed E-state index contributed by atoms with van der Waals surface area (Å²) >= 11 is 0.889. The molecule has 0 bridgehead atoms. The first-order valence-electron chi connectivity index (χ1n) is 15.2. The molecule has 3 amide bonds. The molecule has 3 aromatic rings. The van der Waals surface area contributed by atoms with Crippen LogP contribution in [0.5, 0.6) is 0 Å². The van der Waals surface area contributed by atoms with E-state index in [0.717, 1.165) is 66.7 Å². The van der Waals surface area contributed by atoms with Gasteiger partial charge in [-0.05, 0) is 80.7 Å². The fourth-order valence-corrected chi connectivity index (χ4v) is 6.59. The van der Waals surface area contributed by atoms with Crippen LogP contribution in [0.2, 0.25) is 0 Å². The molecule has 5 rings (SSSR count). The third-order valence-electron chi connectivity index (χ3n) is 8.35. The predicted octanol–water partition coefficient (Wildman–Crippen LogP) is 5.40. The minimum Gasteiger partial charge on any atom is -0.395 e. The molecule has 1 aliphatic carbocycles. The first kappa shape index (κ1) is 30.7. The second-order valence-corrected chi connectivity index (χ2v) is 12.5. The van der Waals surface area contributed by atoms with Gasteiger partial charge in [-0.1, -0.05) is 61.2 Å². The average molecular weight is 604 g/mol. The SMILES string of the molecule is Cc1ccc([C@H](C(=O)NC[C@H]2CCCO2)N(C(=O)c2snc(C(=O)NC3CCCCC3)c2N)c2cc(C)ccc2C)cc1. The highest BCUT2D eigenvalue weighted by atomic mass is 32.1. The molecule has 0 radical (unpaired) electrons. The lowest BCUT2D eigenvalue weighted by atomic mass is 9.95. The fourth-order valence-electron chi connectivity index (χ4n) is 5.85. The monoisotopic (exact) mass is 603 g/mol. The summed E-state index contributed by atoms with van der Waals surface area (Å²) in [6.45, 7) is 6.85. The Bertz CT molecular complexity index is 1460. The molecule has 10 heteroatoms. The van der Waals surface area contributed by atoms with Crippen molar-refractivity contribution >= 4 is 40.6 Å². The highest BCUT2D eigenvalue weighted by molar-refractivity contribution is 7.09. The first-order valence-corrected chi connectivity index (χ1v) is 15.9. The zero-order chi connectivity index (χ0) is 30.5. The maximum absolute atomic E-state index is 14.6. The van der Waals surface area contributed by atoms with Gasteiger partial charge in [0.2, 0.25) is 5.91 Å². The van der Waals surface area contributed by atoms with Crippen molar-refractivity contribution in [3.8, 4) is 0 Å². The zero-order valence-electron chi connectivity index (χ0n) is 25.2. The van der Waals surface area contributed by atoms with Gasteiger partial charge < -0.3 is 21.1 Å². The van der Waals surface area contributed by atoms with Crippen molar-refractivity contribution in [2.24, 2.45) is 0 Å². The normalized spacial score (nSPS) is 17.8. The molecule has 2 fully saturated rings. The van der Waals surface area contributed by atoms with Gasteiger partial charge >= 0.3 is 0 Å². The predicted molar refractivity (Wildman–Crippen MR) is 169 cm³/mol. The topological polar surface area (TPSA) is 127 Å². The van der Waals surface area contributed by atoms with Crippen LogP contribution in [0.1, 0.15) is 93.4 Å². The number of hydrogen-bond donors (Lipinski definition) is 3. The Kier molecular flexibility index (Phi) is 9.77. The smallest absolute Gasteiger partial charge is 0.273 e. The number of carbonyl (C=O) groups excluding carboxylic acids is 3. The highest BCUT2D eigenvalue weighted by Crippen LogP contribution is 2.35. The fraction of sp³-hybridized carbons (Fsp3) is 0.455. The largest absolute Gasteiger partial charge is 0.395 e. The molecule has 1 aromatic heterocycles. The van der Waals surface area contributed by atoms with Crippen molar-refractivity contribution < 1.29 is 19.1 Å². The highest BCUT2D eigenvalue weighted by Gasteiger charge is 2.37. The molecular weight excluding hydrogens is 562 g/mol. The minimum absolute atomic E-state index is 0.0287. The van der Waals surface area contributed by atoms with E-state index >= 15 is 0 Å². The molecule has 9 nitrogen and oxygen atoms in total. The summed E-state index contributed by atoms with van der Waals surface area (Å²) in [5.41, 5.74) is 10.6. The second kappa shape index (κ2) is 13.7. The number of nitrogens with one attached hydrogen (secondary N) is 2. The van der Waals surface area contributed by atoms with Crippen molar-refractivity contribution in [1.82, 2.24) is 15.0 Å². The number of aryl methyl sites for hydroxylation is 3. The van der Waals surface area contributed by atoms with Crippen molar-refractivity contribution in [1.29, 1.82) is 0 Å². The summed E-state index contributed by atoms with van der Waals surface area (Å²) in [5.74, 6) is -1.19. The molecular formula is C33H41N5O4S. The lowest BCUT2D eigenvalue weighted by Crippen LogP contribution is -2.46. The molecule has 1 saturated carbocycles. The van der Waals surface area contributed by atoms with E-state index in [9.17, 15) is 14.4 Å². The van der Waals surface area contributed by atoms with E-state index < -0.39 is 11.9 Å². The van der Waals surface area contributed by atoms with Crippen LogP contribution >= 0.6 is 11.5 Å². The lowest BCUT2D eigenvalue weighted by molar-refractivity contribution is -0.123. The number of aromatic nitrogens is 1. The van der Waals surface area contributed by atoms with E-state index in [1.54, 1.807) is 0 Å². The molecule has 228 valence electrons. The van der Waals surface area contributed by atoms with E-state index in [2.05, 4.69) is 15.0 Å². The minimum atomic E-state index is -1.00. The van der Waals surface area contributed by atoms with E-state index in [-0.39, 0.29) is 40.2 Å². The van der Waals surface area contributed by atoms with Crippen LogP contribution in [0.15, 0.2) is 42.5 Å². The molecule has 2 aromatic carbocycles. The van der Waals surface area contributed by atoms with Crippen LogP contribution < -0.4 is 21.3 Å². The zero-order valence-corrected chi connectivity index (χ0v) is 26.0. The summed E-state index contributed by atoms with van der Waals surface area (Å²) in [5, 5.41) is 6.09. The summed E-state index contributed by atoms with van der Waals surface area (Å²) in [7, 11) is 0. The standard InChI is InChI=1S/C33H41N5O4S/c1-20-12-15-23(16-13-20)29(32(40)35-19-25-10-7-17-42-25)38(26-18-21(2)11-14-22(26)3)33(41)30-27(34)28(37-43-30)31(39)36-24-8-5-4-6-9-24/h11-16,18,24-25,29H,4-10,17,19,34H2,1-3H3,(H,35,40)(H,36,39)/t25-,29-/m1/s1. The van der Waals surface area contributed by atoms with E-state index in [4.69, 9.17) is 10.5 Å². The molecule has 2 atom stereocenters. The number of nitrogens with two attached hydrogens (primary N) is 1. The van der Waals surface area contributed by atoms with Crippen molar-refractivity contribution in [2.75, 3.05) is 23.8 Å². The maximum atomic E-state index is 14.6. The van der Waals surface area contributed by atoms with Crippen molar-refractivity contribution in [3.05, 3.63) is 75.3 Å². The van der Waals surface area contributed by atoms with Gasteiger partial charge in [0.25, 0.3) is 11.8 Å². The van der Waals surface area contributed by atoms with Crippen LogP contribution in [0.4, 0.5) is 11.4 Å². The summed E-state index contributed by atoms with van der Waals surface area (Å²) in [4.78, 5) is 43.5. The molecule has 1 aliphatic heterocycles. The van der Waals surface area contributed by atoms with Crippen LogP contribution in [0.3, 0.4) is 0 Å². The number of carbonyl (C=O) groups is 3. The van der Waals surface area contributed by atoms with Gasteiger partial charge in [0.05, 0.1) is 11.8 Å². The quantitative estimate of drug-likeness (QED) is 0.301. The van der Waals surface area contributed by atoms with Gasteiger partial charge in [0.1, 0.15) is 10.9 Å². The number of ether oxygens (including phenoxy) is 1. The third kappa shape index (κ3) is 7.08. The van der Waals surface area contributed by atoms with Gasteiger partial charge in [0, 0.05) is 24.9 Å². The second-order valence-electron chi connectivity index (χ2n) is 11.7. The van der Waals surface area contributed by atoms with Gasteiger partial charge in [-0.3, -0.25) is 19.3 Å². The van der Waals surface area contributed by atoms with E-state index in [1.165, 1.54) is 11.3 Å². The number of benzene rings is 2.